The molecule has 0 aliphatic rings. The zero-order chi connectivity index (χ0) is 11.4. The molecule has 0 saturated carbocycles. The van der Waals surface area contributed by atoms with Crippen molar-refractivity contribution < 1.29 is 9.90 Å². The third-order valence-corrected chi connectivity index (χ3v) is 3.68. The molecule has 0 amide bonds. The van der Waals surface area contributed by atoms with Crippen molar-refractivity contribution in [2.45, 2.75) is 10.1 Å². The first-order valence-electron chi connectivity index (χ1n) is 4.33. The van der Waals surface area contributed by atoms with Crippen molar-refractivity contribution >= 4 is 29.1 Å². The molecule has 0 spiro atoms. The molecule has 0 fully saturated rings. The van der Waals surface area contributed by atoms with Crippen LogP contribution in [0.2, 0.25) is 0 Å². The lowest BCUT2D eigenvalue weighted by Gasteiger charge is -1.99. The molecule has 1 N–H and O–H groups in total. The van der Waals surface area contributed by atoms with Gasteiger partial charge in [0, 0.05) is 11.9 Å². The summed E-state index contributed by atoms with van der Waals surface area (Å²) in [5.41, 5.74) is 2.64. The van der Waals surface area contributed by atoms with E-state index in [-0.39, 0.29) is 5.69 Å². The van der Waals surface area contributed by atoms with Gasteiger partial charge in [0.2, 0.25) is 0 Å². The molecule has 0 unspecified atom stereocenters. The fourth-order valence-electron chi connectivity index (χ4n) is 1.05. The molecule has 0 radical (unpaired) electrons. The van der Waals surface area contributed by atoms with Gasteiger partial charge in [-0.25, -0.2) is 9.78 Å². The molecule has 2 heterocycles. The second kappa shape index (κ2) is 5.04. The van der Waals surface area contributed by atoms with Crippen molar-refractivity contribution in [1.82, 2.24) is 15.2 Å². The smallest absolute Gasteiger partial charge is 0.354 e. The lowest BCUT2D eigenvalue weighted by atomic mass is 10.2. The third-order valence-electron chi connectivity index (χ3n) is 1.75. The fourth-order valence-corrected chi connectivity index (χ4v) is 2.48. The predicted octanol–water partition coefficient (Wildman–Crippen LogP) is 1.92. The average Bonchev–Trinajstić information content (AvgIpc) is 2.79. The molecule has 82 valence electrons. The van der Waals surface area contributed by atoms with Gasteiger partial charge in [-0.05, 0) is 17.7 Å². The van der Waals surface area contributed by atoms with Crippen molar-refractivity contribution in [1.29, 1.82) is 0 Å². The van der Waals surface area contributed by atoms with Crippen LogP contribution in [0, 0.1) is 0 Å². The molecular weight excluding hydrogens is 246 g/mol. The first kappa shape index (κ1) is 11.0. The first-order valence-corrected chi connectivity index (χ1v) is 6.19. The number of pyridine rings is 1. The van der Waals surface area contributed by atoms with Gasteiger partial charge in [-0.3, -0.25) is 0 Å². The Bertz CT molecular complexity index is 487. The highest BCUT2D eigenvalue weighted by molar-refractivity contribution is 8.00. The summed E-state index contributed by atoms with van der Waals surface area (Å²) >= 11 is 2.99. The Labute approximate surface area is 99.6 Å². The number of carboxylic acids is 1. The summed E-state index contributed by atoms with van der Waals surface area (Å²) in [5, 5.41) is 16.4. The van der Waals surface area contributed by atoms with Gasteiger partial charge < -0.3 is 5.11 Å². The highest BCUT2D eigenvalue weighted by Crippen LogP contribution is 2.23. The quantitative estimate of drug-likeness (QED) is 0.839. The van der Waals surface area contributed by atoms with Gasteiger partial charge in [0.1, 0.15) is 11.2 Å². The van der Waals surface area contributed by atoms with E-state index in [1.54, 1.807) is 17.6 Å². The van der Waals surface area contributed by atoms with Gasteiger partial charge in [0.15, 0.2) is 4.34 Å². The number of carboxylic acid groups (broad SMARTS) is 1. The molecular formula is C9H7N3O2S2. The van der Waals surface area contributed by atoms with Gasteiger partial charge in [-0.1, -0.05) is 23.1 Å². The molecule has 0 bridgehead atoms. The van der Waals surface area contributed by atoms with Crippen LogP contribution in [0.15, 0.2) is 28.2 Å². The van der Waals surface area contributed by atoms with Crippen LogP contribution in [0.25, 0.3) is 0 Å². The van der Waals surface area contributed by atoms with E-state index in [4.69, 9.17) is 5.11 Å². The van der Waals surface area contributed by atoms with Crippen LogP contribution >= 0.6 is 23.1 Å². The summed E-state index contributed by atoms with van der Waals surface area (Å²) in [6, 6.07) is 3.36. The van der Waals surface area contributed by atoms with E-state index >= 15 is 0 Å². The van der Waals surface area contributed by atoms with Crippen LogP contribution in [-0.4, -0.2) is 26.3 Å². The van der Waals surface area contributed by atoms with Crippen molar-refractivity contribution in [3.8, 4) is 0 Å². The number of thioether (sulfide) groups is 1. The van der Waals surface area contributed by atoms with Crippen LogP contribution in [0.3, 0.4) is 0 Å². The SMILES string of the molecule is O=C(O)c1cc(CSc2nncs2)ccn1. The summed E-state index contributed by atoms with van der Waals surface area (Å²) < 4.78 is 0.869. The van der Waals surface area contributed by atoms with E-state index in [1.165, 1.54) is 29.3 Å². The number of hydrogen-bond donors (Lipinski definition) is 1. The summed E-state index contributed by atoms with van der Waals surface area (Å²) in [7, 11) is 0. The Morgan fingerprint density at radius 3 is 3.12 bits per heavy atom. The second-order valence-corrected chi connectivity index (χ2v) is 4.90. The molecule has 5 nitrogen and oxygen atoms in total. The second-order valence-electron chi connectivity index (χ2n) is 2.85. The number of aromatic carboxylic acids is 1. The molecule has 2 aromatic heterocycles. The molecule has 0 aromatic carbocycles. The molecule has 7 heteroatoms. The van der Waals surface area contributed by atoms with Crippen molar-refractivity contribution in [3.63, 3.8) is 0 Å². The lowest BCUT2D eigenvalue weighted by Crippen LogP contribution is -2.00. The van der Waals surface area contributed by atoms with E-state index in [2.05, 4.69) is 15.2 Å². The summed E-state index contributed by atoms with van der Waals surface area (Å²) in [4.78, 5) is 14.4. The Balaban J connectivity index is 2.04. The van der Waals surface area contributed by atoms with Gasteiger partial charge >= 0.3 is 5.97 Å². The van der Waals surface area contributed by atoms with E-state index in [0.29, 0.717) is 5.75 Å². The topological polar surface area (TPSA) is 76.0 Å². The standard InChI is InChI=1S/C9H7N3O2S2/c13-8(14)7-3-6(1-2-10-7)4-15-9-12-11-5-16-9/h1-3,5H,4H2,(H,13,14). The minimum atomic E-state index is -1.01. The maximum Gasteiger partial charge on any atom is 0.354 e. The summed E-state index contributed by atoms with van der Waals surface area (Å²) in [6.45, 7) is 0. The Hall–Kier alpha value is -1.47. The van der Waals surface area contributed by atoms with Gasteiger partial charge in [-0.15, -0.1) is 10.2 Å². The van der Waals surface area contributed by atoms with E-state index in [0.717, 1.165) is 9.90 Å². The molecule has 0 atom stereocenters. The summed E-state index contributed by atoms with van der Waals surface area (Å²) in [6.07, 6.45) is 1.50. The van der Waals surface area contributed by atoms with Crippen LogP contribution in [0.4, 0.5) is 0 Å². The Kier molecular flexibility index (Phi) is 3.47. The normalized spacial score (nSPS) is 10.2. The van der Waals surface area contributed by atoms with Gasteiger partial charge in [0.05, 0.1) is 0 Å². The van der Waals surface area contributed by atoms with Crippen molar-refractivity contribution in [3.05, 3.63) is 35.1 Å². The number of rotatable bonds is 4. The third kappa shape index (κ3) is 2.77. The zero-order valence-electron chi connectivity index (χ0n) is 8.03. The number of nitrogens with zero attached hydrogens (tertiary/aromatic N) is 3. The van der Waals surface area contributed by atoms with Crippen LogP contribution < -0.4 is 0 Å². The molecule has 0 saturated heterocycles. The minimum Gasteiger partial charge on any atom is -0.477 e. The lowest BCUT2D eigenvalue weighted by molar-refractivity contribution is 0.0690. The molecule has 16 heavy (non-hydrogen) atoms. The fraction of sp³-hybridized carbons (Fsp3) is 0.111. The largest absolute Gasteiger partial charge is 0.477 e. The highest BCUT2D eigenvalue weighted by Gasteiger charge is 2.05. The number of carbonyl (C=O) groups is 1. The Morgan fingerprint density at radius 2 is 2.44 bits per heavy atom. The van der Waals surface area contributed by atoms with E-state index in [1.807, 2.05) is 0 Å². The molecule has 2 aromatic rings. The number of aromatic nitrogens is 3. The summed E-state index contributed by atoms with van der Waals surface area (Å²) in [5.74, 6) is -0.347. The van der Waals surface area contributed by atoms with Crippen LogP contribution in [0.1, 0.15) is 16.1 Å². The van der Waals surface area contributed by atoms with E-state index < -0.39 is 5.97 Å². The van der Waals surface area contributed by atoms with Gasteiger partial charge in [-0.2, -0.15) is 0 Å². The van der Waals surface area contributed by atoms with Crippen molar-refractivity contribution in [2.24, 2.45) is 0 Å². The maximum absolute atomic E-state index is 10.7. The van der Waals surface area contributed by atoms with Crippen LogP contribution in [0.5, 0.6) is 0 Å². The molecule has 2 rings (SSSR count). The maximum atomic E-state index is 10.7. The zero-order valence-corrected chi connectivity index (χ0v) is 9.66. The highest BCUT2D eigenvalue weighted by atomic mass is 32.2. The Morgan fingerprint density at radius 1 is 1.56 bits per heavy atom. The average molecular weight is 253 g/mol. The minimum absolute atomic E-state index is 0.0652. The molecule has 0 aliphatic carbocycles. The predicted molar refractivity (Wildman–Crippen MR) is 60.7 cm³/mol. The van der Waals surface area contributed by atoms with Gasteiger partial charge in [0.25, 0.3) is 0 Å². The monoisotopic (exact) mass is 253 g/mol. The van der Waals surface area contributed by atoms with E-state index in [9.17, 15) is 4.79 Å². The van der Waals surface area contributed by atoms with Crippen LogP contribution in [-0.2, 0) is 5.75 Å². The number of hydrogen-bond acceptors (Lipinski definition) is 6. The van der Waals surface area contributed by atoms with Crippen molar-refractivity contribution in [2.75, 3.05) is 0 Å². The molecule has 0 aliphatic heterocycles. The first-order chi connectivity index (χ1) is 7.75.